The van der Waals surface area contributed by atoms with Crippen molar-refractivity contribution in [3.05, 3.63) is 22.1 Å². The van der Waals surface area contributed by atoms with E-state index in [0.717, 1.165) is 28.2 Å². The van der Waals surface area contributed by atoms with Crippen molar-refractivity contribution < 1.29 is 13.7 Å². The number of allylic oxidation sites excluding steroid dienone is 1. The quantitative estimate of drug-likeness (QED) is 0.793. The van der Waals surface area contributed by atoms with Gasteiger partial charge in [0.2, 0.25) is 0 Å². The molecule has 0 saturated carbocycles. The Morgan fingerprint density at radius 3 is 3.00 bits per heavy atom. The van der Waals surface area contributed by atoms with E-state index in [2.05, 4.69) is 6.08 Å². The van der Waals surface area contributed by atoms with E-state index < -0.39 is 10.8 Å². The van der Waals surface area contributed by atoms with Crippen LogP contribution in [0.3, 0.4) is 0 Å². The molecule has 0 saturated heterocycles. The molecule has 0 fully saturated rings. The lowest BCUT2D eigenvalue weighted by molar-refractivity contribution is 0.0531. The molecule has 3 nitrogen and oxygen atoms in total. The second-order valence-corrected chi connectivity index (χ2v) is 6.32. The number of carbonyl (C=O) groups excluding carboxylic acids is 1. The Kier molecular flexibility index (Phi) is 3.79. The molecule has 0 N–H and O–H groups in total. The maximum Gasteiger partial charge on any atom is 0.348 e. The molecule has 1 aromatic heterocycles. The summed E-state index contributed by atoms with van der Waals surface area (Å²) in [6, 6.07) is 0. The molecule has 0 spiro atoms. The number of carbonyl (C=O) groups is 1. The zero-order valence-corrected chi connectivity index (χ0v) is 11.5. The SMILES string of the molecule is CCOC(=O)c1sc(S(C)=O)c2c1CCC=C2. The fourth-order valence-corrected chi connectivity index (χ4v) is 4.06. The number of hydrogen-bond donors (Lipinski definition) is 0. The van der Waals surface area contributed by atoms with Crippen molar-refractivity contribution in [1.29, 1.82) is 0 Å². The molecule has 0 aromatic carbocycles. The van der Waals surface area contributed by atoms with Gasteiger partial charge in [0.1, 0.15) is 4.88 Å². The topological polar surface area (TPSA) is 43.4 Å². The molecule has 1 aliphatic carbocycles. The molecule has 92 valence electrons. The van der Waals surface area contributed by atoms with Gasteiger partial charge in [0.25, 0.3) is 0 Å². The highest BCUT2D eigenvalue weighted by Gasteiger charge is 2.24. The monoisotopic (exact) mass is 270 g/mol. The summed E-state index contributed by atoms with van der Waals surface area (Å²) in [5.41, 5.74) is 1.96. The normalized spacial score (nSPS) is 15.4. The summed E-state index contributed by atoms with van der Waals surface area (Å²) >= 11 is 1.31. The van der Waals surface area contributed by atoms with Crippen molar-refractivity contribution in [2.24, 2.45) is 0 Å². The third-order valence-corrected chi connectivity index (χ3v) is 5.30. The van der Waals surface area contributed by atoms with Crippen LogP contribution in [0.5, 0.6) is 0 Å². The van der Waals surface area contributed by atoms with E-state index in [1.165, 1.54) is 11.3 Å². The average molecular weight is 270 g/mol. The molecule has 0 bridgehead atoms. The molecule has 17 heavy (non-hydrogen) atoms. The van der Waals surface area contributed by atoms with Crippen LogP contribution in [0, 0.1) is 0 Å². The predicted molar refractivity (Wildman–Crippen MR) is 70.0 cm³/mol. The number of ether oxygens (including phenoxy) is 1. The van der Waals surface area contributed by atoms with Crippen molar-refractivity contribution in [3.63, 3.8) is 0 Å². The van der Waals surface area contributed by atoms with E-state index in [1.807, 2.05) is 6.08 Å². The Balaban J connectivity index is 2.50. The van der Waals surface area contributed by atoms with Crippen molar-refractivity contribution >= 4 is 34.2 Å². The minimum Gasteiger partial charge on any atom is -0.462 e. The van der Waals surface area contributed by atoms with Gasteiger partial charge in [0.15, 0.2) is 0 Å². The minimum atomic E-state index is -1.06. The molecular weight excluding hydrogens is 256 g/mol. The first-order valence-electron chi connectivity index (χ1n) is 5.48. The maximum absolute atomic E-state index is 11.8. The lowest BCUT2D eigenvalue weighted by Crippen LogP contribution is -2.06. The van der Waals surface area contributed by atoms with E-state index in [0.29, 0.717) is 11.5 Å². The summed E-state index contributed by atoms with van der Waals surface area (Å²) in [6.45, 7) is 2.16. The molecule has 5 heteroatoms. The lowest BCUT2D eigenvalue weighted by Gasteiger charge is -2.07. The van der Waals surface area contributed by atoms with Crippen LogP contribution in [0.25, 0.3) is 6.08 Å². The van der Waals surface area contributed by atoms with Crippen LogP contribution >= 0.6 is 11.3 Å². The van der Waals surface area contributed by atoms with E-state index in [-0.39, 0.29) is 5.97 Å². The first kappa shape index (κ1) is 12.5. The van der Waals surface area contributed by atoms with E-state index in [4.69, 9.17) is 4.74 Å². The van der Waals surface area contributed by atoms with Gasteiger partial charge in [-0.15, -0.1) is 11.3 Å². The third-order valence-electron chi connectivity index (χ3n) is 2.58. The second-order valence-electron chi connectivity index (χ2n) is 3.73. The van der Waals surface area contributed by atoms with Gasteiger partial charge < -0.3 is 4.74 Å². The van der Waals surface area contributed by atoms with Gasteiger partial charge in [-0.2, -0.15) is 0 Å². The third kappa shape index (κ3) is 2.35. The summed E-state index contributed by atoms with van der Waals surface area (Å²) < 4.78 is 17.5. The second kappa shape index (κ2) is 5.14. The molecule has 0 aliphatic heterocycles. The Morgan fingerprint density at radius 2 is 2.35 bits per heavy atom. The highest BCUT2D eigenvalue weighted by Crippen LogP contribution is 2.35. The van der Waals surface area contributed by atoms with Crippen molar-refractivity contribution in [2.45, 2.75) is 24.0 Å². The summed E-state index contributed by atoms with van der Waals surface area (Å²) in [4.78, 5) is 12.4. The van der Waals surface area contributed by atoms with Crippen LogP contribution in [-0.2, 0) is 22.0 Å². The molecule has 2 rings (SSSR count). The number of esters is 1. The summed E-state index contributed by atoms with van der Waals surface area (Å²) in [5, 5.41) is 0. The van der Waals surface area contributed by atoms with Gasteiger partial charge in [0, 0.05) is 11.8 Å². The predicted octanol–water partition coefficient (Wildman–Crippen LogP) is 2.62. The molecule has 1 heterocycles. The van der Waals surface area contributed by atoms with Gasteiger partial charge >= 0.3 is 5.97 Å². The van der Waals surface area contributed by atoms with Crippen molar-refractivity contribution in [3.8, 4) is 0 Å². The fourth-order valence-electron chi connectivity index (χ4n) is 1.88. The zero-order valence-electron chi connectivity index (χ0n) is 9.82. The maximum atomic E-state index is 11.8. The highest BCUT2D eigenvalue weighted by atomic mass is 32.2. The Hall–Kier alpha value is -0.940. The summed E-state index contributed by atoms with van der Waals surface area (Å²) in [7, 11) is -1.06. The van der Waals surface area contributed by atoms with Crippen LogP contribution in [-0.4, -0.2) is 23.0 Å². The average Bonchev–Trinajstić information content (AvgIpc) is 2.69. The molecular formula is C12H14O3S2. The minimum absolute atomic E-state index is 0.291. The molecule has 1 atom stereocenters. The van der Waals surface area contributed by atoms with Crippen molar-refractivity contribution in [1.82, 2.24) is 0 Å². The number of thiophene rings is 1. The van der Waals surface area contributed by atoms with Gasteiger partial charge in [-0.05, 0) is 25.3 Å². The summed E-state index contributed by atoms with van der Waals surface area (Å²) in [5.74, 6) is -0.291. The van der Waals surface area contributed by atoms with Gasteiger partial charge in [0.05, 0.1) is 21.6 Å². The van der Waals surface area contributed by atoms with E-state index in [1.54, 1.807) is 13.2 Å². The van der Waals surface area contributed by atoms with Crippen LogP contribution in [0.2, 0.25) is 0 Å². The molecule has 0 radical (unpaired) electrons. The van der Waals surface area contributed by atoms with Crippen LogP contribution in [0.15, 0.2) is 10.3 Å². The Bertz CT molecular complexity index is 500. The van der Waals surface area contributed by atoms with E-state index >= 15 is 0 Å². The number of rotatable bonds is 3. The van der Waals surface area contributed by atoms with Crippen LogP contribution < -0.4 is 0 Å². The summed E-state index contributed by atoms with van der Waals surface area (Å²) in [6.07, 6.45) is 7.41. The molecule has 1 aliphatic rings. The van der Waals surface area contributed by atoms with Crippen LogP contribution in [0.4, 0.5) is 0 Å². The van der Waals surface area contributed by atoms with Gasteiger partial charge in [-0.25, -0.2) is 4.79 Å². The molecule has 1 unspecified atom stereocenters. The standard InChI is InChI=1S/C12H14O3S2/c1-3-15-11(13)10-8-6-4-5-7-9(8)12(16-10)17(2)14/h5,7H,3-4,6H2,1-2H3. The molecule has 1 aromatic rings. The zero-order chi connectivity index (χ0) is 12.4. The highest BCUT2D eigenvalue weighted by molar-refractivity contribution is 7.86. The van der Waals surface area contributed by atoms with Crippen molar-refractivity contribution in [2.75, 3.05) is 12.9 Å². The van der Waals surface area contributed by atoms with Gasteiger partial charge in [-0.1, -0.05) is 12.2 Å². The molecule has 0 amide bonds. The fraction of sp³-hybridized carbons (Fsp3) is 0.417. The Labute approximate surface area is 107 Å². The first-order chi connectivity index (χ1) is 8.15. The smallest absolute Gasteiger partial charge is 0.348 e. The number of fused-ring (bicyclic) bond motifs is 1. The van der Waals surface area contributed by atoms with Crippen LogP contribution in [0.1, 0.15) is 34.1 Å². The van der Waals surface area contributed by atoms with Gasteiger partial charge in [-0.3, -0.25) is 4.21 Å². The van der Waals surface area contributed by atoms with E-state index in [9.17, 15) is 9.00 Å². The first-order valence-corrected chi connectivity index (χ1v) is 7.85. The lowest BCUT2D eigenvalue weighted by atomic mass is 10.00. The Morgan fingerprint density at radius 1 is 1.59 bits per heavy atom. The number of hydrogen-bond acceptors (Lipinski definition) is 4. The largest absolute Gasteiger partial charge is 0.462 e.